The first-order valence-electron chi connectivity index (χ1n) is 10.2. The van der Waals surface area contributed by atoms with E-state index in [-0.39, 0.29) is 17.7 Å². The monoisotopic (exact) mass is 409 g/mol. The average Bonchev–Trinajstić information content (AvgIpc) is 3.41. The van der Waals surface area contributed by atoms with Gasteiger partial charge in [-0.05, 0) is 47.8 Å². The van der Waals surface area contributed by atoms with Gasteiger partial charge in [-0.15, -0.1) is 11.3 Å². The van der Waals surface area contributed by atoms with Gasteiger partial charge in [0.05, 0.1) is 4.88 Å². The number of aromatic amines is 1. The van der Waals surface area contributed by atoms with Crippen molar-refractivity contribution in [2.24, 2.45) is 5.92 Å². The fraction of sp³-hybridized carbons (Fsp3) is 0.391. The Kier molecular flexibility index (Phi) is 5.72. The highest BCUT2D eigenvalue weighted by molar-refractivity contribution is 7.12. The summed E-state index contributed by atoms with van der Waals surface area (Å²) < 4.78 is 0. The number of para-hydroxylation sites is 1. The zero-order valence-electron chi connectivity index (χ0n) is 16.9. The van der Waals surface area contributed by atoms with E-state index in [4.69, 9.17) is 0 Å². The van der Waals surface area contributed by atoms with Gasteiger partial charge in [0, 0.05) is 30.2 Å². The summed E-state index contributed by atoms with van der Waals surface area (Å²) >= 11 is 1.39. The second-order valence-corrected chi connectivity index (χ2v) is 9.01. The second kappa shape index (κ2) is 8.41. The van der Waals surface area contributed by atoms with Gasteiger partial charge >= 0.3 is 0 Å². The van der Waals surface area contributed by atoms with Crippen molar-refractivity contribution in [1.29, 1.82) is 0 Å². The summed E-state index contributed by atoms with van der Waals surface area (Å²) in [5.74, 6) is 0.356. The molecule has 0 bridgehead atoms. The number of thiophene rings is 1. The van der Waals surface area contributed by atoms with Crippen molar-refractivity contribution < 1.29 is 9.59 Å². The molecule has 29 heavy (non-hydrogen) atoms. The van der Waals surface area contributed by atoms with E-state index in [2.05, 4.69) is 34.7 Å². The molecule has 4 rings (SSSR count). The van der Waals surface area contributed by atoms with E-state index in [1.54, 1.807) is 6.07 Å². The molecule has 2 amide bonds. The van der Waals surface area contributed by atoms with Crippen LogP contribution >= 0.6 is 11.3 Å². The molecule has 2 N–H and O–H groups in total. The van der Waals surface area contributed by atoms with Crippen LogP contribution in [0.5, 0.6) is 0 Å². The Morgan fingerprint density at radius 3 is 2.59 bits per heavy atom. The fourth-order valence-corrected chi connectivity index (χ4v) is 4.80. The van der Waals surface area contributed by atoms with Crippen molar-refractivity contribution in [2.45, 2.75) is 38.6 Å². The number of hydrogen-bond donors (Lipinski definition) is 2. The predicted molar refractivity (Wildman–Crippen MR) is 117 cm³/mol. The van der Waals surface area contributed by atoms with Crippen LogP contribution in [0.2, 0.25) is 0 Å². The molecule has 0 saturated carbocycles. The van der Waals surface area contributed by atoms with Crippen molar-refractivity contribution in [2.75, 3.05) is 13.1 Å². The topological polar surface area (TPSA) is 65.2 Å². The van der Waals surface area contributed by atoms with Crippen molar-refractivity contribution >= 4 is 34.1 Å². The number of carbonyl (C=O) groups excluding carboxylic acids is 2. The SMILES string of the molecule is CC(C)C(NC(=O)c1cccs1)C(=O)N1CCC(c2c[nH]c3ccccc23)CC1. The van der Waals surface area contributed by atoms with Crippen LogP contribution in [0.15, 0.2) is 48.0 Å². The van der Waals surface area contributed by atoms with Crippen LogP contribution < -0.4 is 5.32 Å². The Labute approximate surface area is 175 Å². The summed E-state index contributed by atoms with van der Waals surface area (Å²) in [5, 5.41) is 6.10. The van der Waals surface area contributed by atoms with Gasteiger partial charge in [0.2, 0.25) is 5.91 Å². The lowest BCUT2D eigenvalue weighted by atomic mass is 9.88. The summed E-state index contributed by atoms with van der Waals surface area (Å²) in [5.41, 5.74) is 2.51. The molecule has 1 aliphatic heterocycles. The standard InChI is InChI=1S/C23H27N3O2S/c1-15(2)21(25-22(27)20-8-5-13-29-20)23(28)26-11-9-16(10-12-26)18-14-24-19-7-4-3-6-17(18)19/h3-8,13-16,21,24H,9-12H2,1-2H3,(H,25,27). The highest BCUT2D eigenvalue weighted by Gasteiger charge is 2.32. The molecular formula is C23H27N3O2S. The second-order valence-electron chi connectivity index (χ2n) is 8.06. The lowest BCUT2D eigenvalue weighted by molar-refractivity contribution is -0.135. The van der Waals surface area contributed by atoms with Gasteiger partial charge < -0.3 is 15.2 Å². The van der Waals surface area contributed by atoms with Gasteiger partial charge in [0.1, 0.15) is 6.04 Å². The van der Waals surface area contributed by atoms with Gasteiger partial charge in [0.25, 0.3) is 5.91 Å². The van der Waals surface area contributed by atoms with E-state index in [1.807, 2.05) is 36.3 Å². The van der Waals surface area contributed by atoms with Gasteiger partial charge in [-0.2, -0.15) is 0 Å². The van der Waals surface area contributed by atoms with Crippen molar-refractivity contribution in [3.05, 3.63) is 58.4 Å². The summed E-state index contributed by atoms with van der Waals surface area (Å²) in [4.78, 5) is 31.5. The predicted octanol–water partition coefficient (Wildman–Crippen LogP) is 4.39. The minimum absolute atomic E-state index is 0.0299. The highest BCUT2D eigenvalue weighted by atomic mass is 32.1. The van der Waals surface area contributed by atoms with Gasteiger partial charge in [-0.1, -0.05) is 38.1 Å². The molecule has 5 nitrogen and oxygen atoms in total. The number of hydrogen-bond acceptors (Lipinski definition) is 3. The molecule has 0 aliphatic carbocycles. The minimum Gasteiger partial charge on any atom is -0.361 e. The Morgan fingerprint density at radius 2 is 1.90 bits per heavy atom. The van der Waals surface area contributed by atoms with Crippen LogP contribution in [0.25, 0.3) is 10.9 Å². The van der Waals surface area contributed by atoms with Crippen molar-refractivity contribution in [1.82, 2.24) is 15.2 Å². The summed E-state index contributed by atoms with van der Waals surface area (Å²) in [6, 6.07) is 11.5. The Morgan fingerprint density at radius 1 is 1.14 bits per heavy atom. The number of benzene rings is 1. The van der Waals surface area contributed by atoms with E-state index in [1.165, 1.54) is 22.3 Å². The zero-order chi connectivity index (χ0) is 20.4. The fourth-order valence-electron chi connectivity index (χ4n) is 4.17. The summed E-state index contributed by atoms with van der Waals surface area (Å²) in [6.45, 7) is 5.41. The molecule has 1 fully saturated rings. The normalized spacial score (nSPS) is 16.3. The van der Waals surface area contributed by atoms with E-state index in [0.29, 0.717) is 10.8 Å². The van der Waals surface area contributed by atoms with Crippen LogP contribution in [-0.2, 0) is 4.79 Å². The van der Waals surface area contributed by atoms with E-state index >= 15 is 0 Å². The molecule has 1 aromatic carbocycles. The van der Waals surface area contributed by atoms with E-state index < -0.39 is 6.04 Å². The first-order valence-corrected chi connectivity index (χ1v) is 11.1. The lowest BCUT2D eigenvalue weighted by Crippen LogP contribution is -2.52. The maximum atomic E-state index is 13.2. The number of amides is 2. The number of H-pyrrole nitrogens is 1. The minimum atomic E-state index is -0.491. The molecule has 2 aromatic heterocycles. The van der Waals surface area contributed by atoms with Crippen LogP contribution in [0.4, 0.5) is 0 Å². The molecule has 152 valence electrons. The number of carbonyl (C=O) groups is 2. The number of nitrogens with zero attached hydrogens (tertiary/aromatic N) is 1. The average molecular weight is 410 g/mol. The van der Waals surface area contributed by atoms with E-state index in [9.17, 15) is 9.59 Å². The van der Waals surface area contributed by atoms with Crippen LogP contribution in [0, 0.1) is 5.92 Å². The molecule has 1 saturated heterocycles. The third-order valence-electron chi connectivity index (χ3n) is 5.83. The maximum absolute atomic E-state index is 13.2. The van der Waals surface area contributed by atoms with Gasteiger partial charge in [-0.25, -0.2) is 0 Å². The summed E-state index contributed by atoms with van der Waals surface area (Å²) in [7, 11) is 0. The molecular weight excluding hydrogens is 382 g/mol. The highest BCUT2D eigenvalue weighted by Crippen LogP contribution is 2.33. The molecule has 0 spiro atoms. The third-order valence-corrected chi connectivity index (χ3v) is 6.70. The third kappa shape index (κ3) is 4.08. The molecule has 3 heterocycles. The van der Waals surface area contributed by atoms with Crippen LogP contribution in [0.3, 0.4) is 0 Å². The van der Waals surface area contributed by atoms with Crippen LogP contribution in [0.1, 0.15) is 47.8 Å². The molecule has 0 radical (unpaired) electrons. The maximum Gasteiger partial charge on any atom is 0.262 e. The number of piperidine rings is 1. The molecule has 1 atom stereocenters. The number of likely N-dealkylation sites (tertiary alicyclic amines) is 1. The van der Waals surface area contributed by atoms with Crippen LogP contribution in [-0.4, -0.2) is 40.8 Å². The number of fused-ring (bicyclic) bond motifs is 1. The molecule has 1 aliphatic rings. The summed E-state index contributed by atoms with van der Waals surface area (Å²) in [6.07, 6.45) is 4.00. The first-order chi connectivity index (χ1) is 14.0. The van der Waals surface area contributed by atoms with Gasteiger partial charge in [-0.3, -0.25) is 9.59 Å². The largest absolute Gasteiger partial charge is 0.361 e. The van der Waals surface area contributed by atoms with E-state index in [0.717, 1.165) is 31.4 Å². The Balaban J connectivity index is 1.41. The molecule has 6 heteroatoms. The van der Waals surface area contributed by atoms with Gasteiger partial charge in [0.15, 0.2) is 0 Å². The first kappa shape index (κ1) is 19.7. The van der Waals surface area contributed by atoms with Crippen molar-refractivity contribution in [3.63, 3.8) is 0 Å². The number of aromatic nitrogens is 1. The number of rotatable bonds is 5. The van der Waals surface area contributed by atoms with Crippen molar-refractivity contribution in [3.8, 4) is 0 Å². The molecule has 3 aromatic rings. The Bertz CT molecular complexity index is 985. The number of nitrogens with one attached hydrogen (secondary N) is 2. The smallest absolute Gasteiger partial charge is 0.262 e. The lowest BCUT2D eigenvalue weighted by Gasteiger charge is -2.35. The quantitative estimate of drug-likeness (QED) is 0.656. The molecule has 1 unspecified atom stereocenters. The Hall–Kier alpha value is -2.60. The zero-order valence-corrected chi connectivity index (χ0v) is 17.7.